The summed E-state index contributed by atoms with van der Waals surface area (Å²) in [5, 5.41) is 0. The molecule has 1 aromatic rings. The van der Waals surface area contributed by atoms with Gasteiger partial charge in [-0.15, -0.1) is 0 Å². The van der Waals surface area contributed by atoms with Crippen LogP contribution in [0.15, 0.2) is 24.3 Å². The summed E-state index contributed by atoms with van der Waals surface area (Å²) in [6.45, 7) is 4.36. The number of rotatable bonds is 5. The second kappa shape index (κ2) is 5.87. The zero-order valence-corrected chi connectivity index (χ0v) is 11.6. The first kappa shape index (κ1) is 14.5. The summed E-state index contributed by atoms with van der Waals surface area (Å²) in [5.74, 6) is 0.859. The Morgan fingerprint density at radius 3 is 2.33 bits per heavy atom. The van der Waals surface area contributed by atoms with Crippen molar-refractivity contribution < 1.29 is 9.53 Å². The summed E-state index contributed by atoms with van der Waals surface area (Å²) in [6, 6.07) is 7.52. The molecule has 0 atom stereocenters. The van der Waals surface area contributed by atoms with Crippen LogP contribution in [-0.4, -0.2) is 37.0 Å². The maximum Gasteiger partial charge on any atom is 0.227 e. The largest absolute Gasteiger partial charge is 0.497 e. The molecule has 0 aromatic heterocycles. The second-order valence-electron chi connectivity index (χ2n) is 4.99. The van der Waals surface area contributed by atoms with Crippen molar-refractivity contribution in [3.8, 4) is 5.75 Å². The van der Waals surface area contributed by atoms with Gasteiger partial charge in [0.1, 0.15) is 5.75 Å². The zero-order valence-electron chi connectivity index (χ0n) is 11.6. The zero-order chi connectivity index (χ0) is 13.8. The number of ether oxygens (including phenoxy) is 1. The minimum atomic E-state index is -0.316. The van der Waals surface area contributed by atoms with E-state index in [1.807, 2.05) is 38.1 Å². The number of benzene rings is 1. The van der Waals surface area contributed by atoms with E-state index < -0.39 is 0 Å². The van der Waals surface area contributed by atoms with Gasteiger partial charge in [0, 0.05) is 19.1 Å². The van der Waals surface area contributed by atoms with Crippen LogP contribution in [0.5, 0.6) is 5.75 Å². The average molecular weight is 250 g/mol. The van der Waals surface area contributed by atoms with Crippen molar-refractivity contribution in [1.82, 2.24) is 4.90 Å². The third-order valence-electron chi connectivity index (χ3n) is 3.30. The van der Waals surface area contributed by atoms with E-state index in [1.165, 1.54) is 0 Å². The maximum atomic E-state index is 12.1. The average Bonchev–Trinajstić information content (AvgIpc) is 2.38. The van der Waals surface area contributed by atoms with Crippen LogP contribution in [0.1, 0.15) is 19.4 Å². The standard InChI is InChI=1S/C14H22N2O2/c1-14(2,10-15)16(3)13(17)9-11-5-7-12(18-4)8-6-11/h5-8H,9-10,15H2,1-4H3. The molecule has 18 heavy (non-hydrogen) atoms. The molecule has 100 valence electrons. The molecule has 0 heterocycles. The Balaban J connectivity index is 2.69. The van der Waals surface area contributed by atoms with Crippen molar-refractivity contribution in [1.29, 1.82) is 0 Å². The lowest BCUT2D eigenvalue weighted by atomic mass is 10.0. The fraction of sp³-hybridized carbons (Fsp3) is 0.500. The molecular weight excluding hydrogens is 228 g/mol. The fourth-order valence-electron chi connectivity index (χ4n) is 1.51. The molecule has 0 radical (unpaired) electrons. The van der Waals surface area contributed by atoms with Gasteiger partial charge < -0.3 is 15.4 Å². The monoisotopic (exact) mass is 250 g/mol. The number of carbonyl (C=O) groups excluding carboxylic acids is 1. The van der Waals surface area contributed by atoms with Gasteiger partial charge in [-0.05, 0) is 31.5 Å². The van der Waals surface area contributed by atoms with Crippen molar-refractivity contribution in [3.05, 3.63) is 29.8 Å². The second-order valence-corrected chi connectivity index (χ2v) is 4.99. The lowest BCUT2D eigenvalue weighted by molar-refractivity contribution is -0.133. The lowest BCUT2D eigenvalue weighted by Gasteiger charge is -2.34. The van der Waals surface area contributed by atoms with Gasteiger partial charge in [-0.3, -0.25) is 4.79 Å². The van der Waals surface area contributed by atoms with E-state index in [1.54, 1.807) is 19.1 Å². The Hall–Kier alpha value is -1.55. The summed E-state index contributed by atoms with van der Waals surface area (Å²) in [4.78, 5) is 13.8. The number of nitrogens with two attached hydrogens (primary N) is 1. The van der Waals surface area contributed by atoms with E-state index in [-0.39, 0.29) is 11.4 Å². The molecule has 1 amide bonds. The number of carbonyl (C=O) groups is 1. The van der Waals surface area contributed by atoms with Crippen LogP contribution in [-0.2, 0) is 11.2 Å². The van der Waals surface area contributed by atoms with Crippen LogP contribution in [0, 0.1) is 0 Å². The molecule has 4 heteroatoms. The van der Waals surface area contributed by atoms with Gasteiger partial charge in [0.25, 0.3) is 0 Å². The molecule has 1 rings (SSSR count). The van der Waals surface area contributed by atoms with Crippen molar-refractivity contribution >= 4 is 5.91 Å². The van der Waals surface area contributed by atoms with Gasteiger partial charge in [-0.2, -0.15) is 0 Å². The molecule has 0 aliphatic heterocycles. The summed E-state index contributed by atoms with van der Waals surface area (Å²) >= 11 is 0. The van der Waals surface area contributed by atoms with Crippen LogP contribution in [0.3, 0.4) is 0 Å². The van der Waals surface area contributed by atoms with Crippen LogP contribution in [0.2, 0.25) is 0 Å². The normalized spacial score (nSPS) is 11.2. The fourth-order valence-corrected chi connectivity index (χ4v) is 1.51. The van der Waals surface area contributed by atoms with Crippen LogP contribution < -0.4 is 10.5 Å². The van der Waals surface area contributed by atoms with Gasteiger partial charge in [0.2, 0.25) is 5.91 Å². The SMILES string of the molecule is COc1ccc(CC(=O)N(C)C(C)(C)CN)cc1. The third-order valence-corrected chi connectivity index (χ3v) is 3.30. The number of likely N-dealkylation sites (N-methyl/N-ethyl adjacent to an activating group) is 1. The Labute approximate surface area is 109 Å². The van der Waals surface area contributed by atoms with E-state index >= 15 is 0 Å². The summed E-state index contributed by atoms with van der Waals surface area (Å²) < 4.78 is 5.08. The number of hydrogen-bond acceptors (Lipinski definition) is 3. The lowest BCUT2D eigenvalue weighted by Crippen LogP contribution is -2.50. The summed E-state index contributed by atoms with van der Waals surface area (Å²) in [7, 11) is 3.41. The van der Waals surface area contributed by atoms with Crippen molar-refractivity contribution in [3.63, 3.8) is 0 Å². The molecule has 4 nitrogen and oxygen atoms in total. The molecule has 0 spiro atoms. The summed E-state index contributed by atoms with van der Waals surface area (Å²) in [5.41, 5.74) is 6.32. The van der Waals surface area contributed by atoms with Crippen molar-refractivity contribution in [2.45, 2.75) is 25.8 Å². The molecule has 1 aromatic carbocycles. The Kier molecular flexibility index (Phi) is 4.73. The van der Waals surface area contributed by atoms with E-state index in [0.29, 0.717) is 13.0 Å². The van der Waals surface area contributed by atoms with Gasteiger partial charge >= 0.3 is 0 Å². The van der Waals surface area contributed by atoms with Crippen LogP contribution in [0.25, 0.3) is 0 Å². The predicted molar refractivity (Wildman–Crippen MR) is 72.6 cm³/mol. The van der Waals surface area contributed by atoms with E-state index in [9.17, 15) is 4.79 Å². The maximum absolute atomic E-state index is 12.1. The smallest absolute Gasteiger partial charge is 0.227 e. The minimum Gasteiger partial charge on any atom is -0.497 e. The molecule has 0 saturated heterocycles. The quantitative estimate of drug-likeness (QED) is 0.860. The highest BCUT2D eigenvalue weighted by molar-refractivity contribution is 5.79. The molecule has 0 unspecified atom stereocenters. The van der Waals surface area contributed by atoms with Gasteiger partial charge in [-0.25, -0.2) is 0 Å². The van der Waals surface area contributed by atoms with E-state index in [0.717, 1.165) is 11.3 Å². The molecule has 0 fully saturated rings. The number of nitrogens with zero attached hydrogens (tertiary/aromatic N) is 1. The molecule has 0 bridgehead atoms. The van der Waals surface area contributed by atoms with Crippen molar-refractivity contribution in [2.75, 3.05) is 20.7 Å². The third kappa shape index (κ3) is 3.47. The van der Waals surface area contributed by atoms with E-state index in [2.05, 4.69) is 0 Å². The molecule has 0 aliphatic rings. The number of amides is 1. The Morgan fingerprint density at radius 1 is 1.33 bits per heavy atom. The van der Waals surface area contributed by atoms with Crippen molar-refractivity contribution in [2.24, 2.45) is 5.73 Å². The topological polar surface area (TPSA) is 55.6 Å². The highest BCUT2D eigenvalue weighted by atomic mass is 16.5. The summed E-state index contributed by atoms with van der Waals surface area (Å²) in [6.07, 6.45) is 0.379. The van der Waals surface area contributed by atoms with Crippen LogP contribution in [0.4, 0.5) is 0 Å². The highest BCUT2D eigenvalue weighted by Gasteiger charge is 2.25. The first-order valence-electron chi connectivity index (χ1n) is 6.00. The first-order valence-corrected chi connectivity index (χ1v) is 6.00. The first-order chi connectivity index (χ1) is 8.40. The number of methoxy groups -OCH3 is 1. The Morgan fingerprint density at radius 2 is 1.89 bits per heavy atom. The van der Waals surface area contributed by atoms with E-state index in [4.69, 9.17) is 10.5 Å². The minimum absolute atomic E-state index is 0.0654. The molecule has 0 aliphatic carbocycles. The highest BCUT2D eigenvalue weighted by Crippen LogP contribution is 2.15. The molecule has 2 N–H and O–H groups in total. The molecule has 0 saturated carbocycles. The van der Waals surface area contributed by atoms with Crippen LogP contribution >= 0.6 is 0 Å². The van der Waals surface area contributed by atoms with Gasteiger partial charge in [0.05, 0.1) is 13.5 Å². The van der Waals surface area contributed by atoms with Gasteiger partial charge in [-0.1, -0.05) is 12.1 Å². The number of hydrogen-bond donors (Lipinski definition) is 1. The van der Waals surface area contributed by atoms with Gasteiger partial charge in [0.15, 0.2) is 0 Å². The predicted octanol–water partition coefficient (Wildman–Crippen LogP) is 1.43. The Bertz CT molecular complexity index is 399. The molecular formula is C14H22N2O2.